The minimum absolute atomic E-state index is 0.141. The van der Waals surface area contributed by atoms with E-state index < -0.39 is 0 Å². The third kappa shape index (κ3) is 4.95. The normalized spacial score (nSPS) is 17.9. The number of halogens is 1. The van der Waals surface area contributed by atoms with Crippen LogP contribution in [0.1, 0.15) is 25.3 Å². The van der Waals surface area contributed by atoms with Gasteiger partial charge >= 0.3 is 0 Å². The number of carbonyl (C=O) groups is 2. The highest BCUT2D eigenvalue weighted by Gasteiger charge is 2.35. The zero-order chi connectivity index (χ0) is 17.8. The van der Waals surface area contributed by atoms with E-state index in [0.717, 1.165) is 30.0 Å². The smallest absolute Gasteiger partial charge is 0.236 e. The molecular weight excluding hydrogens is 338 g/mol. The monoisotopic (exact) mass is 363 g/mol. The molecule has 1 aliphatic heterocycles. The van der Waals surface area contributed by atoms with Crippen molar-refractivity contribution in [3.8, 4) is 0 Å². The quantitative estimate of drug-likeness (QED) is 0.778. The minimum Gasteiger partial charge on any atom is -0.339 e. The second kappa shape index (κ2) is 8.19. The molecule has 0 bridgehead atoms. The molecule has 1 aliphatic carbocycles. The Hall–Kier alpha value is -1.59. The van der Waals surface area contributed by atoms with Crippen LogP contribution < -0.4 is 0 Å². The van der Waals surface area contributed by atoms with Gasteiger partial charge in [-0.15, -0.1) is 0 Å². The summed E-state index contributed by atoms with van der Waals surface area (Å²) in [5, 5.41) is 0.719. The van der Waals surface area contributed by atoms with Crippen molar-refractivity contribution in [1.82, 2.24) is 14.7 Å². The summed E-state index contributed by atoms with van der Waals surface area (Å²) in [4.78, 5) is 30.6. The van der Waals surface area contributed by atoms with Gasteiger partial charge in [-0.3, -0.25) is 14.5 Å². The van der Waals surface area contributed by atoms with Crippen LogP contribution in [0.2, 0.25) is 5.02 Å². The predicted octanol–water partition coefficient (Wildman–Crippen LogP) is 2.24. The second-order valence-electron chi connectivity index (χ2n) is 6.91. The van der Waals surface area contributed by atoms with E-state index in [1.54, 1.807) is 0 Å². The summed E-state index contributed by atoms with van der Waals surface area (Å²) in [6.45, 7) is 6.60. The molecule has 0 atom stereocenters. The number of hydrogen-bond donors (Lipinski definition) is 0. The van der Waals surface area contributed by atoms with E-state index in [2.05, 4.69) is 11.8 Å². The van der Waals surface area contributed by atoms with Crippen molar-refractivity contribution in [3.63, 3.8) is 0 Å². The highest BCUT2D eigenvalue weighted by atomic mass is 35.5. The number of piperazine rings is 1. The lowest BCUT2D eigenvalue weighted by Crippen LogP contribution is -2.52. The zero-order valence-electron chi connectivity index (χ0n) is 14.8. The highest BCUT2D eigenvalue weighted by Crippen LogP contribution is 2.31. The van der Waals surface area contributed by atoms with Crippen LogP contribution in [0.5, 0.6) is 0 Å². The Morgan fingerprint density at radius 2 is 1.84 bits per heavy atom. The van der Waals surface area contributed by atoms with Crippen LogP contribution in [-0.2, 0) is 16.1 Å². The summed E-state index contributed by atoms with van der Waals surface area (Å²) in [7, 11) is 0. The fourth-order valence-electron chi connectivity index (χ4n) is 3.23. The maximum Gasteiger partial charge on any atom is 0.236 e. The Kier molecular flexibility index (Phi) is 5.97. The first kappa shape index (κ1) is 18.2. The van der Waals surface area contributed by atoms with Gasteiger partial charge in [-0.25, -0.2) is 0 Å². The molecule has 5 nitrogen and oxygen atoms in total. The second-order valence-corrected chi connectivity index (χ2v) is 7.35. The van der Waals surface area contributed by atoms with E-state index in [4.69, 9.17) is 11.6 Å². The van der Waals surface area contributed by atoms with Crippen molar-refractivity contribution in [1.29, 1.82) is 0 Å². The number of hydrogen-bond acceptors (Lipinski definition) is 3. The summed E-state index contributed by atoms with van der Waals surface area (Å²) in [6.07, 6.45) is 2.07. The SMILES string of the molecule is CCN(CC(=O)N1CCN(C(=O)C2CC2)CC1)Cc1cccc(Cl)c1. The van der Waals surface area contributed by atoms with Gasteiger partial charge in [0.1, 0.15) is 0 Å². The number of rotatable bonds is 6. The van der Waals surface area contributed by atoms with Gasteiger partial charge < -0.3 is 9.80 Å². The lowest BCUT2D eigenvalue weighted by molar-refractivity contribution is -0.141. The highest BCUT2D eigenvalue weighted by molar-refractivity contribution is 6.30. The number of likely N-dealkylation sites (N-methyl/N-ethyl adjacent to an activating group) is 1. The lowest BCUT2D eigenvalue weighted by atomic mass is 10.2. The Bertz CT molecular complexity index is 625. The standard InChI is InChI=1S/C19H26ClN3O2/c1-2-21(13-15-4-3-5-17(20)12-15)14-18(24)22-8-10-23(11-9-22)19(25)16-6-7-16/h3-5,12,16H,2,6-11,13-14H2,1H3. The Labute approximate surface area is 154 Å². The maximum absolute atomic E-state index is 12.6. The molecule has 1 heterocycles. The summed E-state index contributed by atoms with van der Waals surface area (Å²) in [6, 6.07) is 7.76. The molecule has 3 rings (SSSR count). The van der Waals surface area contributed by atoms with Crippen molar-refractivity contribution in [2.24, 2.45) is 5.92 Å². The molecule has 1 saturated carbocycles. The summed E-state index contributed by atoms with van der Waals surface area (Å²) in [5.41, 5.74) is 1.11. The first-order chi connectivity index (χ1) is 12.1. The summed E-state index contributed by atoms with van der Waals surface area (Å²) in [5.74, 6) is 0.682. The fraction of sp³-hybridized carbons (Fsp3) is 0.579. The van der Waals surface area contributed by atoms with Crippen LogP contribution in [0, 0.1) is 5.92 Å². The molecule has 2 aliphatic rings. The third-order valence-corrected chi connectivity index (χ3v) is 5.21. The van der Waals surface area contributed by atoms with Crippen molar-refractivity contribution < 1.29 is 9.59 Å². The van der Waals surface area contributed by atoms with Crippen molar-refractivity contribution >= 4 is 23.4 Å². The molecule has 25 heavy (non-hydrogen) atoms. The van der Waals surface area contributed by atoms with Gasteiger partial charge in [-0.1, -0.05) is 30.7 Å². The number of nitrogens with zero attached hydrogens (tertiary/aromatic N) is 3. The van der Waals surface area contributed by atoms with Gasteiger partial charge in [0.2, 0.25) is 11.8 Å². The molecule has 0 radical (unpaired) electrons. The molecule has 1 aromatic rings. The van der Waals surface area contributed by atoms with E-state index in [9.17, 15) is 9.59 Å². The van der Waals surface area contributed by atoms with E-state index >= 15 is 0 Å². The average molecular weight is 364 g/mol. The van der Waals surface area contributed by atoms with Crippen molar-refractivity contribution in [2.45, 2.75) is 26.3 Å². The molecule has 0 unspecified atom stereocenters. The molecule has 136 valence electrons. The van der Waals surface area contributed by atoms with Crippen LogP contribution in [0.4, 0.5) is 0 Å². The fourth-order valence-corrected chi connectivity index (χ4v) is 3.44. The predicted molar refractivity (Wildman–Crippen MR) is 98.3 cm³/mol. The van der Waals surface area contributed by atoms with Crippen LogP contribution in [0.25, 0.3) is 0 Å². The maximum atomic E-state index is 12.6. The largest absolute Gasteiger partial charge is 0.339 e. The molecule has 2 fully saturated rings. The number of benzene rings is 1. The van der Waals surface area contributed by atoms with Crippen LogP contribution in [-0.4, -0.2) is 65.8 Å². The molecular formula is C19H26ClN3O2. The van der Waals surface area contributed by atoms with Crippen LogP contribution >= 0.6 is 11.6 Å². The molecule has 0 spiro atoms. The van der Waals surface area contributed by atoms with E-state index in [0.29, 0.717) is 39.3 Å². The van der Waals surface area contributed by atoms with Gasteiger partial charge in [0.05, 0.1) is 6.54 Å². The number of carbonyl (C=O) groups excluding carboxylic acids is 2. The average Bonchev–Trinajstić information content (AvgIpc) is 3.45. The van der Waals surface area contributed by atoms with Gasteiger partial charge in [-0.05, 0) is 37.1 Å². The molecule has 6 heteroatoms. The van der Waals surface area contributed by atoms with Gasteiger partial charge in [0.25, 0.3) is 0 Å². The Morgan fingerprint density at radius 3 is 2.44 bits per heavy atom. The molecule has 0 aromatic heterocycles. The minimum atomic E-state index is 0.141. The third-order valence-electron chi connectivity index (χ3n) is 4.97. The Balaban J connectivity index is 1.48. The van der Waals surface area contributed by atoms with Gasteiger partial charge in [-0.2, -0.15) is 0 Å². The molecule has 1 aromatic carbocycles. The topological polar surface area (TPSA) is 43.9 Å². The number of amides is 2. The molecule has 1 saturated heterocycles. The van der Waals surface area contributed by atoms with Crippen LogP contribution in [0.15, 0.2) is 24.3 Å². The van der Waals surface area contributed by atoms with Gasteiger partial charge in [0.15, 0.2) is 0 Å². The Morgan fingerprint density at radius 1 is 1.16 bits per heavy atom. The first-order valence-corrected chi connectivity index (χ1v) is 9.48. The van der Waals surface area contributed by atoms with Crippen molar-refractivity contribution in [2.75, 3.05) is 39.3 Å². The summed E-state index contributed by atoms with van der Waals surface area (Å²) < 4.78 is 0. The van der Waals surface area contributed by atoms with E-state index in [-0.39, 0.29) is 17.7 Å². The van der Waals surface area contributed by atoms with Gasteiger partial charge in [0, 0.05) is 43.7 Å². The van der Waals surface area contributed by atoms with E-state index in [1.165, 1.54) is 0 Å². The summed E-state index contributed by atoms with van der Waals surface area (Å²) >= 11 is 6.04. The van der Waals surface area contributed by atoms with E-state index in [1.807, 2.05) is 34.1 Å². The lowest BCUT2D eigenvalue weighted by Gasteiger charge is -2.36. The first-order valence-electron chi connectivity index (χ1n) is 9.10. The van der Waals surface area contributed by atoms with Crippen molar-refractivity contribution in [3.05, 3.63) is 34.9 Å². The van der Waals surface area contributed by atoms with Crippen LogP contribution in [0.3, 0.4) is 0 Å². The molecule has 2 amide bonds. The zero-order valence-corrected chi connectivity index (χ0v) is 15.5. The molecule has 0 N–H and O–H groups in total.